The Hall–Kier alpha value is -1.17. The highest BCUT2D eigenvalue weighted by Gasteiger charge is 2.19. The molecule has 0 fully saturated rings. The quantitative estimate of drug-likeness (QED) is 0.619. The van der Waals surface area contributed by atoms with Crippen LogP contribution >= 0.6 is 11.6 Å². The summed E-state index contributed by atoms with van der Waals surface area (Å²) in [6, 6.07) is -0.177. The van der Waals surface area contributed by atoms with Crippen molar-refractivity contribution in [1.29, 1.82) is 0 Å². The zero-order valence-corrected chi connectivity index (χ0v) is 12.0. The number of ether oxygens (including phenoxy) is 2. The average Bonchev–Trinajstić information content (AvgIpc) is 2.22. The van der Waals surface area contributed by atoms with Crippen LogP contribution in [-0.2, 0) is 9.47 Å². The van der Waals surface area contributed by atoms with Crippen LogP contribution in [0.4, 0.5) is 9.59 Å². The molecule has 1 N–H and O–H groups in total. The topological polar surface area (TPSA) is 67.9 Å². The zero-order chi connectivity index (χ0) is 14.2. The molecule has 0 aliphatic heterocycles. The van der Waals surface area contributed by atoms with E-state index in [4.69, 9.17) is 16.3 Å². The van der Waals surface area contributed by atoms with Crippen molar-refractivity contribution in [2.24, 2.45) is 0 Å². The number of nitrogens with zero attached hydrogens (tertiary/aromatic N) is 1. The normalized spacial score (nSPS) is 10.7. The van der Waals surface area contributed by atoms with Crippen LogP contribution in [0.15, 0.2) is 0 Å². The lowest BCUT2D eigenvalue weighted by atomic mass is 10.2. The second-order valence-electron chi connectivity index (χ2n) is 4.72. The molecule has 106 valence electrons. The molecule has 6 nitrogen and oxygen atoms in total. The van der Waals surface area contributed by atoms with Crippen molar-refractivity contribution in [2.75, 3.05) is 26.2 Å². The van der Waals surface area contributed by atoms with Gasteiger partial charge in [0.2, 0.25) is 0 Å². The summed E-state index contributed by atoms with van der Waals surface area (Å²) in [5.41, 5.74) is -0.506. The highest BCUT2D eigenvalue weighted by Crippen LogP contribution is 2.08. The first-order valence-corrected chi connectivity index (χ1v) is 6.20. The van der Waals surface area contributed by atoms with Crippen molar-refractivity contribution in [3.63, 3.8) is 0 Å². The zero-order valence-electron chi connectivity index (χ0n) is 11.3. The van der Waals surface area contributed by atoms with Crippen molar-refractivity contribution < 1.29 is 19.1 Å². The maximum Gasteiger partial charge on any atom is 0.410 e. The standard InChI is InChI=1S/C11H21ClN2O4/c1-11(2,3)18-10(16)14(4)7-5-6-13-9(15)17-8-12/h5-8H2,1-4H3,(H,13,15). The second-order valence-corrected chi connectivity index (χ2v) is 4.94. The molecule has 0 heterocycles. The smallest absolute Gasteiger partial charge is 0.410 e. The van der Waals surface area contributed by atoms with E-state index in [9.17, 15) is 9.59 Å². The van der Waals surface area contributed by atoms with E-state index in [0.717, 1.165) is 0 Å². The summed E-state index contributed by atoms with van der Waals surface area (Å²) >= 11 is 5.21. The van der Waals surface area contributed by atoms with Crippen LogP contribution in [0.25, 0.3) is 0 Å². The first-order chi connectivity index (χ1) is 8.26. The predicted octanol–water partition coefficient (Wildman–Crippen LogP) is 2.17. The number of hydrogen-bond donors (Lipinski definition) is 1. The first kappa shape index (κ1) is 16.8. The lowest BCUT2D eigenvalue weighted by Crippen LogP contribution is -2.36. The van der Waals surface area contributed by atoms with Gasteiger partial charge in [0.25, 0.3) is 0 Å². The van der Waals surface area contributed by atoms with Crippen molar-refractivity contribution >= 4 is 23.8 Å². The van der Waals surface area contributed by atoms with Crippen LogP contribution in [0.5, 0.6) is 0 Å². The molecule has 0 radical (unpaired) electrons. The highest BCUT2D eigenvalue weighted by atomic mass is 35.5. The van der Waals surface area contributed by atoms with Crippen molar-refractivity contribution in [3.8, 4) is 0 Å². The van der Waals surface area contributed by atoms with E-state index in [0.29, 0.717) is 19.5 Å². The molecule has 2 amide bonds. The molecule has 0 spiro atoms. The number of nitrogens with one attached hydrogen (secondary N) is 1. The maximum atomic E-state index is 11.6. The van der Waals surface area contributed by atoms with Gasteiger partial charge in [0, 0.05) is 20.1 Å². The SMILES string of the molecule is CN(CCCNC(=O)OCCl)C(=O)OC(C)(C)C. The third-order valence-electron chi connectivity index (χ3n) is 1.83. The number of alkyl halides is 1. The van der Waals surface area contributed by atoms with Gasteiger partial charge in [-0.05, 0) is 27.2 Å². The van der Waals surface area contributed by atoms with E-state index in [1.54, 1.807) is 7.05 Å². The van der Waals surface area contributed by atoms with E-state index in [2.05, 4.69) is 10.1 Å². The Morgan fingerprint density at radius 2 is 1.94 bits per heavy atom. The van der Waals surface area contributed by atoms with Crippen LogP contribution in [0.2, 0.25) is 0 Å². The van der Waals surface area contributed by atoms with Crippen LogP contribution in [0.1, 0.15) is 27.2 Å². The van der Waals surface area contributed by atoms with Gasteiger partial charge in [0.05, 0.1) is 0 Å². The van der Waals surface area contributed by atoms with Crippen molar-refractivity contribution in [2.45, 2.75) is 32.8 Å². The highest BCUT2D eigenvalue weighted by molar-refractivity contribution is 6.17. The van der Waals surface area contributed by atoms with Crippen molar-refractivity contribution in [3.05, 3.63) is 0 Å². The van der Waals surface area contributed by atoms with Gasteiger partial charge in [-0.3, -0.25) is 0 Å². The lowest BCUT2D eigenvalue weighted by Gasteiger charge is -2.24. The van der Waals surface area contributed by atoms with Crippen LogP contribution < -0.4 is 5.32 Å². The lowest BCUT2D eigenvalue weighted by molar-refractivity contribution is 0.0297. The van der Waals surface area contributed by atoms with E-state index in [1.807, 2.05) is 20.8 Å². The molecule has 0 unspecified atom stereocenters. The predicted molar refractivity (Wildman–Crippen MR) is 68.7 cm³/mol. The fourth-order valence-corrected chi connectivity index (χ4v) is 1.14. The third kappa shape index (κ3) is 8.92. The molecule has 0 aromatic carbocycles. The number of hydrogen-bond acceptors (Lipinski definition) is 4. The van der Waals surface area contributed by atoms with Gasteiger partial charge in [-0.2, -0.15) is 0 Å². The molecule has 0 saturated heterocycles. The summed E-state index contributed by atoms with van der Waals surface area (Å²) < 4.78 is 9.65. The molecule has 0 atom stereocenters. The van der Waals surface area contributed by atoms with Gasteiger partial charge in [0.15, 0.2) is 6.07 Å². The summed E-state index contributed by atoms with van der Waals surface area (Å²) in [5.74, 6) is 0. The number of alkyl carbamates (subject to hydrolysis) is 1. The molecule has 0 bridgehead atoms. The Morgan fingerprint density at radius 1 is 1.33 bits per heavy atom. The average molecular weight is 281 g/mol. The van der Waals surface area contributed by atoms with Crippen molar-refractivity contribution in [1.82, 2.24) is 10.2 Å². The molecule has 0 rings (SSSR count). The minimum Gasteiger partial charge on any atom is -0.444 e. The molecule has 0 aliphatic rings. The maximum absolute atomic E-state index is 11.6. The van der Waals surface area contributed by atoms with Gasteiger partial charge in [-0.1, -0.05) is 11.6 Å². The van der Waals surface area contributed by atoms with Crippen LogP contribution in [0, 0.1) is 0 Å². The minimum atomic E-state index is -0.565. The summed E-state index contributed by atoms with van der Waals surface area (Å²) in [7, 11) is 1.64. The van der Waals surface area contributed by atoms with Gasteiger partial charge in [-0.25, -0.2) is 9.59 Å². The summed E-state index contributed by atoms with van der Waals surface area (Å²) in [4.78, 5) is 23.9. The molecule has 18 heavy (non-hydrogen) atoms. The Balaban J connectivity index is 3.74. The Labute approximate surface area is 113 Å². The molecule has 0 aliphatic carbocycles. The Kier molecular flexibility index (Phi) is 7.50. The summed E-state index contributed by atoms with van der Waals surface area (Å²) in [6.07, 6.45) is -0.344. The van der Waals surface area contributed by atoms with E-state index in [1.165, 1.54) is 4.90 Å². The largest absolute Gasteiger partial charge is 0.444 e. The summed E-state index contributed by atoms with van der Waals surface area (Å²) in [5, 5.41) is 2.50. The monoisotopic (exact) mass is 280 g/mol. The number of halogens is 1. The fourth-order valence-electron chi connectivity index (χ4n) is 1.04. The molecular formula is C11H21ClN2O4. The molecule has 7 heteroatoms. The number of amides is 2. The molecule has 0 saturated carbocycles. The number of rotatable bonds is 5. The summed E-state index contributed by atoms with van der Waals surface area (Å²) in [6.45, 7) is 6.31. The van der Waals surface area contributed by atoms with E-state index in [-0.39, 0.29) is 12.2 Å². The van der Waals surface area contributed by atoms with E-state index >= 15 is 0 Å². The molecular weight excluding hydrogens is 260 g/mol. The fraction of sp³-hybridized carbons (Fsp3) is 0.818. The van der Waals surface area contributed by atoms with Gasteiger partial charge < -0.3 is 19.7 Å². The number of carbonyl (C=O) groups is 2. The van der Waals surface area contributed by atoms with Gasteiger partial charge >= 0.3 is 12.2 Å². The minimum absolute atomic E-state index is 0.177. The van der Waals surface area contributed by atoms with Crippen LogP contribution in [0.3, 0.4) is 0 Å². The van der Waals surface area contributed by atoms with Crippen LogP contribution in [-0.4, -0.2) is 48.9 Å². The molecule has 0 aromatic rings. The molecule has 0 aromatic heterocycles. The number of carbonyl (C=O) groups excluding carboxylic acids is 2. The van der Waals surface area contributed by atoms with E-state index < -0.39 is 11.7 Å². The van der Waals surface area contributed by atoms with Gasteiger partial charge in [0.1, 0.15) is 5.60 Å². The van der Waals surface area contributed by atoms with Gasteiger partial charge in [-0.15, -0.1) is 0 Å². The first-order valence-electron chi connectivity index (χ1n) is 5.67. The Bertz CT molecular complexity index is 279. The Morgan fingerprint density at radius 3 is 2.44 bits per heavy atom. The third-order valence-corrected chi connectivity index (χ3v) is 1.94. The second kappa shape index (κ2) is 8.02.